The summed E-state index contributed by atoms with van der Waals surface area (Å²) in [6.45, 7) is 2.17. The van der Waals surface area contributed by atoms with Gasteiger partial charge in [0.05, 0.1) is 5.69 Å². The summed E-state index contributed by atoms with van der Waals surface area (Å²) in [5.41, 5.74) is 4.14. The largest absolute Gasteiger partial charge is 0.503 e. The predicted octanol–water partition coefficient (Wildman–Crippen LogP) is 6.38. The lowest BCUT2D eigenvalue weighted by Crippen LogP contribution is -2.17. The first-order valence-electron chi connectivity index (χ1n) is 10.6. The van der Waals surface area contributed by atoms with Crippen LogP contribution < -0.4 is 4.74 Å². The Morgan fingerprint density at radius 1 is 1.03 bits per heavy atom. The number of hydrogen-bond acceptors (Lipinski definition) is 4. The number of rotatable bonds is 8. The van der Waals surface area contributed by atoms with E-state index in [9.17, 15) is 0 Å². The van der Waals surface area contributed by atoms with E-state index < -0.39 is 6.16 Å². The molecule has 6 heteroatoms. The van der Waals surface area contributed by atoms with Gasteiger partial charge >= 0.3 is 12.2 Å². The Balaban J connectivity index is 0.000000628. The van der Waals surface area contributed by atoms with Gasteiger partial charge in [-0.2, -0.15) is 4.98 Å². The second kappa shape index (κ2) is 11.1. The van der Waals surface area contributed by atoms with Crippen molar-refractivity contribution in [2.75, 3.05) is 0 Å². The lowest BCUT2D eigenvalue weighted by molar-refractivity contribution is 0.137. The average Bonchev–Trinajstić information content (AvgIpc) is 3.62. The van der Waals surface area contributed by atoms with Crippen LogP contribution in [-0.2, 0) is 0 Å². The van der Waals surface area contributed by atoms with E-state index in [0.717, 1.165) is 41.1 Å². The first-order chi connectivity index (χ1) is 15.1. The van der Waals surface area contributed by atoms with Gasteiger partial charge in [0, 0.05) is 17.3 Å². The van der Waals surface area contributed by atoms with E-state index in [4.69, 9.17) is 24.7 Å². The molecular weight excluding hydrogens is 392 g/mol. The quantitative estimate of drug-likeness (QED) is 0.439. The van der Waals surface area contributed by atoms with Crippen LogP contribution in [0.15, 0.2) is 66.9 Å². The molecule has 1 fully saturated rings. The predicted molar refractivity (Wildman–Crippen MR) is 120 cm³/mol. The van der Waals surface area contributed by atoms with E-state index in [2.05, 4.69) is 36.2 Å². The van der Waals surface area contributed by atoms with Gasteiger partial charge < -0.3 is 14.9 Å². The second-order valence-corrected chi connectivity index (χ2v) is 7.60. The first kappa shape index (κ1) is 22.3. The Hall–Kier alpha value is -3.41. The van der Waals surface area contributed by atoms with Crippen molar-refractivity contribution >= 4 is 6.16 Å². The molecule has 162 valence electrons. The number of carboxylic acid groups (broad SMARTS) is 2. The van der Waals surface area contributed by atoms with Crippen LogP contribution in [0.3, 0.4) is 0 Å². The molecule has 1 unspecified atom stereocenters. The minimum atomic E-state index is -1.83. The minimum absolute atomic E-state index is 0.191. The van der Waals surface area contributed by atoms with E-state index >= 15 is 0 Å². The molecule has 0 spiro atoms. The molecule has 0 aliphatic heterocycles. The Kier molecular flexibility index (Phi) is 7.98. The third kappa shape index (κ3) is 7.10. The SMILES string of the molecule is CCC(CCC1CC1)Oc1ncc(-c2ccccc2)c(-c2ccccc2)n1.O=C(O)O. The van der Waals surface area contributed by atoms with Crippen LogP contribution in [0.1, 0.15) is 39.0 Å². The topological polar surface area (TPSA) is 92.5 Å². The second-order valence-electron chi connectivity index (χ2n) is 7.60. The smallest absolute Gasteiger partial charge is 0.460 e. The van der Waals surface area contributed by atoms with E-state index in [1.54, 1.807) is 0 Å². The molecule has 1 atom stereocenters. The van der Waals surface area contributed by atoms with Crippen LogP contribution in [0, 0.1) is 5.92 Å². The Morgan fingerprint density at radius 2 is 1.61 bits per heavy atom. The highest BCUT2D eigenvalue weighted by atomic mass is 16.6. The van der Waals surface area contributed by atoms with Gasteiger partial charge in [-0.25, -0.2) is 9.78 Å². The minimum Gasteiger partial charge on any atom is -0.460 e. The van der Waals surface area contributed by atoms with Crippen molar-refractivity contribution in [1.29, 1.82) is 0 Å². The summed E-state index contributed by atoms with van der Waals surface area (Å²) in [6, 6.07) is 21.0. The van der Waals surface area contributed by atoms with E-state index in [-0.39, 0.29) is 6.10 Å². The lowest BCUT2D eigenvalue weighted by Gasteiger charge is -2.17. The van der Waals surface area contributed by atoms with Crippen molar-refractivity contribution in [2.45, 2.75) is 45.1 Å². The van der Waals surface area contributed by atoms with Crippen LogP contribution in [0.2, 0.25) is 0 Å². The van der Waals surface area contributed by atoms with Crippen LogP contribution in [-0.4, -0.2) is 32.4 Å². The Labute approximate surface area is 182 Å². The molecule has 1 aliphatic rings. The third-order valence-electron chi connectivity index (χ3n) is 5.22. The van der Waals surface area contributed by atoms with Gasteiger partial charge in [0.25, 0.3) is 0 Å². The van der Waals surface area contributed by atoms with Gasteiger partial charge in [0.2, 0.25) is 0 Å². The molecular formula is C25H28N2O4. The molecule has 6 nitrogen and oxygen atoms in total. The van der Waals surface area contributed by atoms with E-state index in [1.807, 2.05) is 42.6 Å². The number of nitrogens with zero attached hydrogens (tertiary/aromatic N) is 2. The standard InChI is InChI=1S/C24H26N2O.CH2O3/c1-2-21(16-15-18-13-14-18)27-24-25-17-22(19-9-5-3-6-10-19)23(26-24)20-11-7-4-8-12-20;2-1(3)4/h3-12,17-18,21H,2,13-16H2,1H3;(H2,2,3,4). The first-order valence-corrected chi connectivity index (χ1v) is 10.6. The van der Waals surface area contributed by atoms with E-state index in [0.29, 0.717) is 6.01 Å². The van der Waals surface area contributed by atoms with Crippen molar-refractivity contribution in [3.63, 3.8) is 0 Å². The maximum Gasteiger partial charge on any atom is 0.503 e. The molecule has 1 heterocycles. The fourth-order valence-electron chi connectivity index (χ4n) is 3.39. The van der Waals surface area contributed by atoms with Crippen molar-refractivity contribution in [3.8, 4) is 28.4 Å². The molecule has 31 heavy (non-hydrogen) atoms. The Morgan fingerprint density at radius 3 is 2.16 bits per heavy atom. The highest BCUT2D eigenvalue weighted by Crippen LogP contribution is 2.35. The summed E-state index contributed by atoms with van der Waals surface area (Å²) in [4.78, 5) is 17.9. The van der Waals surface area contributed by atoms with Crippen molar-refractivity contribution in [1.82, 2.24) is 9.97 Å². The van der Waals surface area contributed by atoms with Gasteiger partial charge in [0.1, 0.15) is 6.10 Å². The van der Waals surface area contributed by atoms with Crippen LogP contribution in [0.4, 0.5) is 4.79 Å². The molecule has 2 N–H and O–H groups in total. The van der Waals surface area contributed by atoms with Gasteiger partial charge in [-0.3, -0.25) is 0 Å². The summed E-state index contributed by atoms with van der Waals surface area (Å²) < 4.78 is 6.17. The van der Waals surface area contributed by atoms with Crippen LogP contribution in [0.25, 0.3) is 22.4 Å². The summed E-state index contributed by atoms with van der Waals surface area (Å²) in [5.74, 6) is 0.920. The average molecular weight is 421 g/mol. The zero-order valence-electron chi connectivity index (χ0n) is 17.6. The van der Waals surface area contributed by atoms with E-state index in [1.165, 1.54) is 19.3 Å². The fraction of sp³-hybridized carbons (Fsp3) is 0.320. The molecule has 4 rings (SSSR count). The fourth-order valence-corrected chi connectivity index (χ4v) is 3.39. The zero-order chi connectivity index (χ0) is 22.1. The molecule has 0 saturated heterocycles. The number of benzene rings is 2. The zero-order valence-corrected chi connectivity index (χ0v) is 17.6. The Bertz CT molecular complexity index is 956. The van der Waals surface area contributed by atoms with Crippen LogP contribution >= 0.6 is 0 Å². The third-order valence-corrected chi connectivity index (χ3v) is 5.22. The highest BCUT2D eigenvalue weighted by Gasteiger charge is 2.23. The normalized spacial score (nSPS) is 13.6. The van der Waals surface area contributed by atoms with Crippen molar-refractivity contribution < 1.29 is 19.7 Å². The number of hydrogen-bond donors (Lipinski definition) is 2. The summed E-state index contributed by atoms with van der Waals surface area (Å²) >= 11 is 0. The number of carbonyl (C=O) groups is 1. The lowest BCUT2D eigenvalue weighted by atomic mass is 10.0. The highest BCUT2D eigenvalue weighted by molar-refractivity contribution is 5.80. The molecule has 1 saturated carbocycles. The van der Waals surface area contributed by atoms with Crippen molar-refractivity contribution in [2.24, 2.45) is 5.92 Å². The molecule has 0 bridgehead atoms. The van der Waals surface area contributed by atoms with Gasteiger partial charge in [-0.05, 0) is 30.7 Å². The van der Waals surface area contributed by atoms with Crippen LogP contribution in [0.5, 0.6) is 6.01 Å². The van der Waals surface area contributed by atoms with Gasteiger partial charge in [-0.15, -0.1) is 0 Å². The summed E-state index contributed by atoms with van der Waals surface area (Å²) in [6.07, 6.45) is 6.35. The maximum atomic E-state index is 8.56. The number of aromatic nitrogens is 2. The molecule has 0 radical (unpaired) electrons. The number of ether oxygens (including phenoxy) is 1. The molecule has 0 amide bonds. The molecule has 3 aromatic rings. The van der Waals surface area contributed by atoms with Gasteiger partial charge in [-0.1, -0.05) is 80.4 Å². The summed E-state index contributed by atoms with van der Waals surface area (Å²) in [5, 5.41) is 13.9. The molecule has 1 aromatic heterocycles. The summed E-state index contributed by atoms with van der Waals surface area (Å²) in [7, 11) is 0. The van der Waals surface area contributed by atoms with Crippen molar-refractivity contribution in [3.05, 3.63) is 66.9 Å². The monoisotopic (exact) mass is 420 g/mol. The molecule has 2 aromatic carbocycles. The van der Waals surface area contributed by atoms with Gasteiger partial charge in [0.15, 0.2) is 0 Å². The molecule has 1 aliphatic carbocycles. The maximum absolute atomic E-state index is 8.56.